The summed E-state index contributed by atoms with van der Waals surface area (Å²) in [6, 6.07) is 0. The van der Waals surface area contributed by atoms with Crippen molar-refractivity contribution in [3.05, 3.63) is 12.3 Å². The first-order chi connectivity index (χ1) is 6.24. The summed E-state index contributed by atoms with van der Waals surface area (Å²) in [5, 5.41) is 8.57. The van der Waals surface area contributed by atoms with Gasteiger partial charge in [0.05, 0.1) is 6.26 Å². The van der Waals surface area contributed by atoms with E-state index in [1.54, 1.807) is 6.08 Å². The molecule has 1 saturated carbocycles. The van der Waals surface area contributed by atoms with Gasteiger partial charge in [0.2, 0.25) is 0 Å². The quantitative estimate of drug-likeness (QED) is 0.681. The molecule has 74 valence electrons. The minimum absolute atomic E-state index is 0.250. The average Bonchev–Trinajstić information content (AvgIpc) is 2.09. The first-order valence-electron chi connectivity index (χ1n) is 5.07. The van der Waals surface area contributed by atoms with Gasteiger partial charge >= 0.3 is 0 Å². The van der Waals surface area contributed by atoms with E-state index >= 15 is 0 Å². The Labute approximate surface area is 79.6 Å². The smallest absolute Gasteiger partial charge is 0.135 e. The molecule has 0 spiro atoms. The molecule has 0 aromatic carbocycles. The maximum Gasteiger partial charge on any atom is 0.135 e. The zero-order valence-electron chi connectivity index (χ0n) is 8.20. The molecule has 0 bridgehead atoms. The van der Waals surface area contributed by atoms with Gasteiger partial charge in [-0.2, -0.15) is 0 Å². The number of hydrogen-bond acceptors (Lipinski definition) is 2. The molecule has 2 unspecified atom stereocenters. The summed E-state index contributed by atoms with van der Waals surface area (Å²) in [6.07, 6.45) is 7.80. The molecule has 1 aliphatic rings. The molecular formula is C11H18O2. The lowest BCUT2D eigenvalue weighted by Crippen LogP contribution is -2.20. The van der Waals surface area contributed by atoms with Gasteiger partial charge in [0.15, 0.2) is 0 Å². The van der Waals surface area contributed by atoms with Crippen molar-refractivity contribution in [2.75, 3.05) is 0 Å². The molecule has 1 aliphatic carbocycles. The SMILES string of the molecule is CC(C=CO)CC1CCCCC1=O. The summed E-state index contributed by atoms with van der Waals surface area (Å²) in [7, 11) is 0. The molecular weight excluding hydrogens is 164 g/mol. The second kappa shape index (κ2) is 5.05. The summed E-state index contributed by atoms with van der Waals surface area (Å²) in [6.45, 7) is 2.04. The summed E-state index contributed by atoms with van der Waals surface area (Å²) in [5.41, 5.74) is 0. The topological polar surface area (TPSA) is 37.3 Å². The third kappa shape index (κ3) is 3.21. The van der Waals surface area contributed by atoms with E-state index in [1.807, 2.05) is 6.92 Å². The minimum atomic E-state index is 0.250. The maximum atomic E-state index is 11.4. The molecule has 0 aromatic heterocycles. The molecule has 13 heavy (non-hydrogen) atoms. The lowest BCUT2D eigenvalue weighted by molar-refractivity contribution is -0.125. The molecule has 0 heterocycles. The van der Waals surface area contributed by atoms with Crippen LogP contribution in [0.4, 0.5) is 0 Å². The Morgan fingerprint density at radius 3 is 3.00 bits per heavy atom. The van der Waals surface area contributed by atoms with Gasteiger partial charge in [-0.1, -0.05) is 13.3 Å². The standard InChI is InChI=1S/C11H18O2/c1-9(6-7-12)8-10-4-2-3-5-11(10)13/h6-7,9-10,12H,2-5,8H2,1H3. The van der Waals surface area contributed by atoms with Gasteiger partial charge in [-0.25, -0.2) is 0 Å². The van der Waals surface area contributed by atoms with E-state index in [0.29, 0.717) is 11.7 Å². The van der Waals surface area contributed by atoms with E-state index in [1.165, 1.54) is 6.42 Å². The molecule has 0 amide bonds. The molecule has 2 heteroatoms. The van der Waals surface area contributed by atoms with Crippen LogP contribution in [0, 0.1) is 11.8 Å². The van der Waals surface area contributed by atoms with Crippen LogP contribution in [0.1, 0.15) is 39.0 Å². The number of allylic oxidation sites excluding steroid dienone is 1. The molecule has 0 saturated heterocycles. The van der Waals surface area contributed by atoms with Crippen molar-refractivity contribution in [1.82, 2.24) is 0 Å². The fourth-order valence-corrected chi connectivity index (χ4v) is 1.98. The van der Waals surface area contributed by atoms with Crippen LogP contribution in [-0.2, 0) is 4.79 Å². The summed E-state index contributed by atoms with van der Waals surface area (Å²) in [4.78, 5) is 11.4. The number of aliphatic hydroxyl groups is 1. The monoisotopic (exact) mass is 182 g/mol. The Kier molecular flexibility index (Phi) is 4.00. The van der Waals surface area contributed by atoms with E-state index < -0.39 is 0 Å². The molecule has 1 rings (SSSR count). The van der Waals surface area contributed by atoms with Gasteiger partial charge in [0, 0.05) is 12.3 Å². The van der Waals surface area contributed by atoms with Crippen LogP contribution in [0.25, 0.3) is 0 Å². The Balaban J connectivity index is 2.37. The summed E-state index contributed by atoms with van der Waals surface area (Å²) in [5.74, 6) is 0.987. The third-order valence-electron chi connectivity index (χ3n) is 2.75. The molecule has 0 aromatic rings. The van der Waals surface area contributed by atoms with E-state index in [4.69, 9.17) is 5.11 Å². The highest BCUT2D eigenvalue weighted by Crippen LogP contribution is 2.26. The van der Waals surface area contributed by atoms with Gasteiger partial charge in [0.25, 0.3) is 0 Å². The summed E-state index contributed by atoms with van der Waals surface area (Å²) < 4.78 is 0. The Morgan fingerprint density at radius 2 is 2.38 bits per heavy atom. The molecule has 0 aliphatic heterocycles. The van der Waals surface area contributed by atoms with E-state index in [9.17, 15) is 4.79 Å². The van der Waals surface area contributed by atoms with E-state index in [0.717, 1.165) is 31.9 Å². The fraction of sp³-hybridized carbons (Fsp3) is 0.727. The van der Waals surface area contributed by atoms with Crippen LogP contribution < -0.4 is 0 Å². The van der Waals surface area contributed by atoms with Gasteiger partial charge < -0.3 is 5.11 Å². The first kappa shape index (κ1) is 10.3. The first-order valence-corrected chi connectivity index (χ1v) is 5.07. The highest BCUT2D eigenvalue weighted by atomic mass is 16.2. The Morgan fingerprint density at radius 1 is 1.62 bits per heavy atom. The van der Waals surface area contributed by atoms with Crippen LogP contribution in [0.15, 0.2) is 12.3 Å². The van der Waals surface area contributed by atoms with Crippen molar-refractivity contribution >= 4 is 5.78 Å². The number of carbonyl (C=O) groups is 1. The number of ketones is 1. The molecule has 0 radical (unpaired) electrons. The number of carbonyl (C=O) groups excluding carboxylic acids is 1. The van der Waals surface area contributed by atoms with Gasteiger partial charge in [-0.3, -0.25) is 4.79 Å². The van der Waals surface area contributed by atoms with Crippen molar-refractivity contribution in [3.63, 3.8) is 0 Å². The molecule has 1 N–H and O–H groups in total. The van der Waals surface area contributed by atoms with E-state index in [2.05, 4.69) is 0 Å². The molecule has 2 atom stereocenters. The van der Waals surface area contributed by atoms with Crippen molar-refractivity contribution in [3.8, 4) is 0 Å². The predicted octanol–water partition coefficient (Wildman–Crippen LogP) is 2.84. The van der Waals surface area contributed by atoms with Crippen LogP contribution in [0.5, 0.6) is 0 Å². The molecule has 2 nitrogen and oxygen atoms in total. The van der Waals surface area contributed by atoms with Crippen molar-refractivity contribution in [2.24, 2.45) is 11.8 Å². The fourth-order valence-electron chi connectivity index (χ4n) is 1.98. The number of rotatable bonds is 3. The molecule has 1 fully saturated rings. The summed E-state index contributed by atoms with van der Waals surface area (Å²) >= 11 is 0. The van der Waals surface area contributed by atoms with Crippen LogP contribution in [0.2, 0.25) is 0 Å². The lowest BCUT2D eigenvalue weighted by Gasteiger charge is -2.21. The van der Waals surface area contributed by atoms with Crippen LogP contribution in [0.3, 0.4) is 0 Å². The zero-order chi connectivity index (χ0) is 9.68. The predicted molar refractivity (Wildman–Crippen MR) is 52.5 cm³/mol. The Bertz CT molecular complexity index is 196. The second-order valence-corrected chi connectivity index (χ2v) is 3.96. The van der Waals surface area contributed by atoms with Gasteiger partial charge in [-0.15, -0.1) is 0 Å². The largest absolute Gasteiger partial charge is 0.516 e. The van der Waals surface area contributed by atoms with Crippen LogP contribution in [-0.4, -0.2) is 10.9 Å². The highest BCUT2D eigenvalue weighted by molar-refractivity contribution is 5.81. The number of Topliss-reactive ketones (excluding diaryl/α,β-unsaturated/α-hetero) is 1. The number of hydrogen-bond donors (Lipinski definition) is 1. The van der Waals surface area contributed by atoms with Crippen LogP contribution >= 0.6 is 0 Å². The third-order valence-corrected chi connectivity index (χ3v) is 2.75. The Hall–Kier alpha value is -0.790. The van der Waals surface area contributed by atoms with Gasteiger partial charge in [0.1, 0.15) is 5.78 Å². The maximum absolute atomic E-state index is 11.4. The van der Waals surface area contributed by atoms with Gasteiger partial charge in [-0.05, 0) is 31.3 Å². The normalized spacial score (nSPS) is 26.5. The van der Waals surface area contributed by atoms with E-state index in [-0.39, 0.29) is 5.92 Å². The lowest BCUT2D eigenvalue weighted by atomic mass is 9.82. The number of aliphatic hydroxyl groups excluding tert-OH is 1. The highest BCUT2D eigenvalue weighted by Gasteiger charge is 2.22. The van der Waals surface area contributed by atoms with Crippen molar-refractivity contribution in [1.29, 1.82) is 0 Å². The zero-order valence-corrected chi connectivity index (χ0v) is 8.20. The second-order valence-electron chi connectivity index (χ2n) is 3.96. The average molecular weight is 182 g/mol. The van der Waals surface area contributed by atoms with Crippen molar-refractivity contribution in [2.45, 2.75) is 39.0 Å². The minimum Gasteiger partial charge on any atom is -0.516 e. The van der Waals surface area contributed by atoms with Crippen molar-refractivity contribution < 1.29 is 9.90 Å².